The molecule has 206 valence electrons. The number of aryl methyl sites for hydroxylation is 2. The summed E-state index contributed by atoms with van der Waals surface area (Å²) in [6, 6.07) is 13.6. The number of carbonyl (C=O) groups excluding carboxylic acids is 1. The first-order valence-corrected chi connectivity index (χ1v) is 14.1. The van der Waals surface area contributed by atoms with Crippen LogP contribution in [0.5, 0.6) is 0 Å². The number of carbonyl (C=O) groups is 2. The van der Waals surface area contributed by atoms with Gasteiger partial charge in [-0.3, -0.25) is 0 Å². The van der Waals surface area contributed by atoms with Crippen molar-refractivity contribution in [2.75, 3.05) is 18.5 Å². The number of ether oxygens (including phenoxy) is 2. The average molecular weight is 523 g/mol. The number of carboxylic acid groups (broad SMARTS) is 1. The van der Waals surface area contributed by atoms with Gasteiger partial charge >= 0.3 is 12.0 Å². The highest BCUT2D eigenvalue weighted by Crippen LogP contribution is 2.27. The van der Waals surface area contributed by atoms with E-state index in [1.165, 1.54) is 6.42 Å². The Hall–Kier alpha value is -2.90. The number of urea groups is 1. The first-order chi connectivity index (χ1) is 18.4. The molecule has 0 aliphatic heterocycles. The van der Waals surface area contributed by atoms with Crippen LogP contribution in [0.3, 0.4) is 0 Å². The molecular formula is C31H42N2O5. The van der Waals surface area contributed by atoms with E-state index in [0.29, 0.717) is 24.3 Å². The van der Waals surface area contributed by atoms with E-state index in [2.05, 4.69) is 5.32 Å². The lowest BCUT2D eigenvalue weighted by atomic mass is 9.94. The molecule has 0 bridgehead atoms. The van der Waals surface area contributed by atoms with Gasteiger partial charge in [0, 0.05) is 18.3 Å². The number of nitrogens with one attached hydrogen (secondary N) is 1. The van der Waals surface area contributed by atoms with Crippen LogP contribution in [0.1, 0.15) is 84.8 Å². The predicted octanol–water partition coefficient (Wildman–Crippen LogP) is 6.71. The monoisotopic (exact) mass is 522 g/mol. The Bertz CT molecular complexity index is 1080. The summed E-state index contributed by atoms with van der Waals surface area (Å²) in [5, 5.41) is 12.7. The molecule has 2 saturated carbocycles. The van der Waals surface area contributed by atoms with Crippen molar-refractivity contribution >= 4 is 17.7 Å². The van der Waals surface area contributed by atoms with Crippen LogP contribution < -0.4 is 5.32 Å². The van der Waals surface area contributed by atoms with Gasteiger partial charge in [-0.1, -0.05) is 55.7 Å². The molecule has 2 atom stereocenters. The van der Waals surface area contributed by atoms with E-state index >= 15 is 0 Å². The van der Waals surface area contributed by atoms with Gasteiger partial charge in [0.05, 0.1) is 31.0 Å². The summed E-state index contributed by atoms with van der Waals surface area (Å²) in [4.78, 5) is 27.0. The van der Waals surface area contributed by atoms with Crippen molar-refractivity contribution in [2.45, 2.75) is 96.5 Å². The molecule has 1 unspecified atom stereocenters. The minimum absolute atomic E-state index is 0.0368. The van der Waals surface area contributed by atoms with Crippen LogP contribution in [0.25, 0.3) is 0 Å². The second-order valence-corrected chi connectivity index (χ2v) is 10.7. The molecule has 2 aliphatic rings. The van der Waals surface area contributed by atoms with Crippen LogP contribution in [0.15, 0.2) is 42.5 Å². The summed E-state index contributed by atoms with van der Waals surface area (Å²) in [5.74, 6) is -0.916. The van der Waals surface area contributed by atoms with E-state index in [9.17, 15) is 14.7 Å². The third-order valence-electron chi connectivity index (χ3n) is 7.97. The molecule has 2 aromatic rings. The third kappa shape index (κ3) is 7.58. The van der Waals surface area contributed by atoms with Gasteiger partial charge in [-0.2, -0.15) is 0 Å². The first-order valence-electron chi connectivity index (χ1n) is 14.1. The molecule has 0 spiro atoms. The zero-order valence-corrected chi connectivity index (χ0v) is 22.8. The summed E-state index contributed by atoms with van der Waals surface area (Å²) in [7, 11) is 0. The minimum Gasteiger partial charge on any atom is -0.478 e. The fourth-order valence-corrected chi connectivity index (χ4v) is 5.83. The Balaban J connectivity index is 1.30. The second kappa shape index (κ2) is 13.8. The van der Waals surface area contributed by atoms with Crippen molar-refractivity contribution in [2.24, 2.45) is 0 Å². The Labute approximate surface area is 226 Å². The maximum Gasteiger partial charge on any atom is 0.336 e. The highest BCUT2D eigenvalue weighted by molar-refractivity contribution is 5.91. The Morgan fingerprint density at radius 1 is 0.895 bits per heavy atom. The van der Waals surface area contributed by atoms with Crippen LogP contribution >= 0.6 is 0 Å². The molecule has 2 N–H and O–H groups in total. The zero-order valence-electron chi connectivity index (χ0n) is 22.8. The SMILES string of the molecule is Cc1ccccc1NC(=O)N(CCO[C@H]1CCCC(OCc2cccc(C)c2C(=O)O)C1)C1CCCCC1. The van der Waals surface area contributed by atoms with Crippen molar-refractivity contribution in [1.82, 2.24) is 4.90 Å². The first kappa shape index (κ1) is 28.1. The van der Waals surface area contributed by atoms with Crippen LogP contribution in [0.2, 0.25) is 0 Å². The number of hydrogen-bond acceptors (Lipinski definition) is 4. The van der Waals surface area contributed by atoms with Crippen molar-refractivity contribution < 1.29 is 24.2 Å². The van der Waals surface area contributed by atoms with Crippen LogP contribution in [-0.2, 0) is 16.1 Å². The second-order valence-electron chi connectivity index (χ2n) is 10.7. The molecule has 0 heterocycles. The van der Waals surface area contributed by atoms with Crippen LogP contribution in [-0.4, -0.2) is 53.4 Å². The molecule has 7 heteroatoms. The van der Waals surface area contributed by atoms with E-state index < -0.39 is 5.97 Å². The van der Waals surface area contributed by atoms with Gasteiger partial charge in [0.15, 0.2) is 0 Å². The number of anilines is 1. The maximum atomic E-state index is 13.3. The Morgan fingerprint density at radius 3 is 2.34 bits per heavy atom. The third-order valence-corrected chi connectivity index (χ3v) is 7.97. The van der Waals surface area contributed by atoms with Gasteiger partial charge in [-0.25, -0.2) is 9.59 Å². The normalized spacial score (nSPS) is 20.2. The summed E-state index contributed by atoms with van der Waals surface area (Å²) in [6.07, 6.45) is 9.47. The van der Waals surface area contributed by atoms with Gasteiger partial charge in [0.2, 0.25) is 0 Å². The summed E-state index contributed by atoms with van der Waals surface area (Å²) in [6.45, 7) is 5.17. The van der Waals surface area contributed by atoms with Crippen molar-refractivity contribution in [3.63, 3.8) is 0 Å². The predicted molar refractivity (Wildman–Crippen MR) is 149 cm³/mol. The van der Waals surface area contributed by atoms with E-state index in [0.717, 1.165) is 68.2 Å². The van der Waals surface area contributed by atoms with E-state index in [1.807, 2.05) is 61.2 Å². The van der Waals surface area contributed by atoms with Gasteiger partial charge < -0.3 is 24.8 Å². The molecule has 2 aromatic carbocycles. The zero-order chi connectivity index (χ0) is 26.9. The fourth-order valence-electron chi connectivity index (χ4n) is 5.83. The Kier molecular flexibility index (Phi) is 10.2. The molecule has 4 rings (SSSR count). The number of amides is 2. The summed E-state index contributed by atoms with van der Waals surface area (Å²) in [5.41, 5.74) is 3.70. The number of nitrogens with zero attached hydrogens (tertiary/aromatic N) is 1. The number of rotatable bonds is 10. The fraction of sp³-hybridized carbons (Fsp3) is 0.548. The topological polar surface area (TPSA) is 88.1 Å². The number of aromatic carboxylic acids is 1. The van der Waals surface area contributed by atoms with Crippen LogP contribution in [0.4, 0.5) is 10.5 Å². The molecule has 7 nitrogen and oxygen atoms in total. The number of hydrogen-bond donors (Lipinski definition) is 2. The quantitative estimate of drug-likeness (QED) is 0.362. The van der Waals surface area contributed by atoms with E-state index in [4.69, 9.17) is 9.47 Å². The van der Waals surface area contributed by atoms with Gasteiger partial charge in [0.1, 0.15) is 0 Å². The van der Waals surface area contributed by atoms with E-state index in [-0.39, 0.29) is 30.9 Å². The maximum absolute atomic E-state index is 13.3. The van der Waals surface area contributed by atoms with Crippen LogP contribution in [0, 0.1) is 13.8 Å². The highest BCUT2D eigenvalue weighted by Gasteiger charge is 2.28. The highest BCUT2D eigenvalue weighted by atomic mass is 16.5. The van der Waals surface area contributed by atoms with Gasteiger partial charge in [-0.15, -0.1) is 0 Å². The van der Waals surface area contributed by atoms with Gasteiger partial charge in [0.25, 0.3) is 0 Å². The number of para-hydroxylation sites is 1. The molecule has 0 saturated heterocycles. The lowest BCUT2D eigenvalue weighted by molar-refractivity contribution is -0.0535. The number of carboxylic acids is 1. The van der Waals surface area contributed by atoms with E-state index in [1.54, 1.807) is 0 Å². The lowest BCUT2D eigenvalue weighted by Crippen LogP contribution is -2.46. The van der Waals surface area contributed by atoms with Crippen molar-refractivity contribution in [1.29, 1.82) is 0 Å². The molecule has 2 amide bonds. The largest absolute Gasteiger partial charge is 0.478 e. The summed E-state index contributed by atoms with van der Waals surface area (Å²) < 4.78 is 12.5. The molecule has 0 radical (unpaired) electrons. The average Bonchev–Trinajstić information content (AvgIpc) is 2.91. The smallest absolute Gasteiger partial charge is 0.336 e. The minimum atomic E-state index is -0.916. The van der Waals surface area contributed by atoms with Crippen molar-refractivity contribution in [3.8, 4) is 0 Å². The summed E-state index contributed by atoms with van der Waals surface area (Å²) >= 11 is 0. The molecular weight excluding hydrogens is 480 g/mol. The standard InChI is InChI=1S/C31H42N2O5/c1-22-10-6-7-17-28(22)32-31(36)33(25-13-4-3-5-14-25)18-19-37-26-15-9-16-27(20-26)38-21-24-12-8-11-23(2)29(24)30(34)35/h6-8,10-12,17,25-27H,3-5,9,13-16,18-21H2,1-2H3,(H,32,36)(H,34,35)/t26-,27?/m0/s1. The van der Waals surface area contributed by atoms with Gasteiger partial charge in [-0.05, 0) is 75.1 Å². The molecule has 2 aliphatic carbocycles. The Morgan fingerprint density at radius 2 is 1.61 bits per heavy atom. The molecule has 0 aromatic heterocycles. The number of benzene rings is 2. The molecule has 38 heavy (non-hydrogen) atoms. The molecule has 2 fully saturated rings. The lowest BCUT2D eigenvalue weighted by Gasteiger charge is -2.35. The van der Waals surface area contributed by atoms with Crippen molar-refractivity contribution in [3.05, 3.63) is 64.7 Å².